The van der Waals surface area contributed by atoms with Crippen LogP contribution in [0.1, 0.15) is 77.5 Å². The van der Waals surface area contributed by atoms with Crippen LogP contribution in [0.4, 0.5) is 0 Å². The van der Waals surface area contributed by atoms with Crippen molar-refractivity contribution in [3.8, 4) is 123 Å². The number of carbonyl (C=O) groups is 1. The van der Waals surface area contributed by atoms with Crippen molar-refractivity contribution in [1.29, 1.82) is 0 Å². The molecule has 4 radical (unpaired) electrons. The van der Waals surface area contributed by atoms with Gasteiger partial charge in [0.1, 0.15) is 5.76 Å². The van der Waals surface area contributed by atoms with Crippen molar-refractivity contribution < 1.29 is 104 Å². The molecule has 654 valence electrons. The molecule has 129 heavy (non-hydrogen) atoms. The standard InChI is InChI=1S/2C18H14N.2C17H12N.2C12H10N.C11H8N.C11H20O2.4Ir/c2*1-14-12-18(16-10-6-3-7-11-16)19-13-17(14)15-8-4-2-5-9-15;2*1-3-7-14(8-4-1)16-11-12-17(18-13-16)15-9-5-2-6-10-15;1-10-6-2-3-7-11(10)12-8-4-5-9-13-12;1-10-6-5-9-13-12(10)11-7-3-2-4-8-11;1-2-6-10(7-3-1)11-8-4-5-9-12-11;1-10(2,3)8(12)7-9(13)11(4,5)6;;;;/h2*2-10,12-13H,1H3;2*1-9,11-13H;2-6,8-9H,1H3;2-7,9H,1H3;1-6,8-9H;7,12H,1-6H3;;;;/q7*-1;;;;;/i;;2*1D,3D,4D,7D,8D;;;;;;;;. The Morgan fingerprint density at radius 3 is 0.969 bits per heavy atom. The number of rotatable bonds is 12. The van der Waals surface area contributed by atoms with E-state index in [0.717, 1.165) is 67.4 Å². The van der Waals surface area contributed by atoms with Gasteiger partial charge in [0, 0.05) is 152 Å². The summed E-state index contributed by atoms with van der Waals surface area (Å²) in [5, 5.41) is 9.56. The third kappa shape index (κ3) is 33.1. The molecule has 0 aliphatic rings. The molecule has 0 saturated carbocycles. The van der Waals surface area contributed by atoms with Crippen molar-refractivity contribution in [3.63, 3.8) is 0 Å². The van der Waals surface area contributed by atoms with Gasteiger partial charge >= 0.3 is 0 Å². The average Bonchev–Trinajstić information content (AvgIpc) is 0.783. The predicted molar refractivity (Wildman–Crippen MR) is 515 cm³/mol. The van der Waals surface area contributed by atoms with Crippen LogP contribution in [0.15, 0.2) is 425 Å². The van der Waals surface area contributed by atoms with Gasteiger partial charge in [0.05, 0.1) is 13.7 Å². The van der Waals surface area contributed by atoms with E-state index in [1.165, 1.54) is 63.0 Å². The third-order valence-electron chi connectivity index (χ3n) is 18.8. The summed E-state index contributed by atoms with van der Waals surface area (Å²) in [5.41, 5.74) is 23.4. The molecule has 0 bridgehead atoms. The van der Waals surface area contributed by atoms with Crippen LogP contribution in [-0.4, -0.2) is 45.8 Å². The zero-order valence-electron chi connectivity index (χ0n) is 82.9. The number of nitrogens with zero attached hydrogens (tertiary/aromatic N) is 7. The van der Waals surface area contributed by atoms with Crippen molar-refractivity contribution in [1.82, 2.24) is 34.9 Å². The predicted octanol–water partition coefficient (Wildman–Crippen LogP) is 28.8. The maximum atomic E-state index is 11.5. The maximum absolute atomic E-state index is 11.5. The van der Waals surface area contributed by atoms with Crippen LogP contribution in [0, 0.1) is 81.0 Å². The summed E-state index contributed by atoms with van der Waals surface area (Å²) in [5.74, 6) is 0.104. The van der Waals surface area contributed by atoms with E-state index in [4.69, 9.17) is 13.7 Å². The molecule has 0 aliphatic heterocycles. The van der Waals surface area contributed by atoms with Crippen LogP contribution in [0.25, 0.3) is 123 Å². The fourth-order valence-electron chi connectivity index (χ4n) is 11.9. The van der Waals surface area contributed by atoms with Crippen molar-refractivity contribution >= 4 is 5.78 Å². The van der Waals surface area contributed by atoms with Gasteiger partial charge in [-0.1, -0.05) is 242 Å². The Bertz CT molecular complexity index is 6450. The third-order valence-corrected chi connectivity index (χ3v) is 18.8. The van der Waals surface area contributed by atoms with Gasteiger partial charge in [-0.15, -0.1) is 251 Å². The van der Waals surface area contributed by atoms with E-state index < -0.39 is 17.5 Å². The van der Waals surface area contributed by atoms with Gasteiger partial charge in [-0.3, -0.25) is 4.79 Å². The Morgan fingerprint density at radius 1 is 0.295 bits per heavy atom. The second-order valence-electron chi connectivity index (χ2n) is 30.2. The number of pyridine rings is 7. The summed E-state index contributed by atoms with van der Waals surface area (Å²) in [7, 11) is 0. The Hall–Kier alpha value is -12.7. The molecule has 0 fully saturated rings. The van der Waals surface area contributed by atoms with Crippen LogP contribution in [0.3, 0.4) is 0 Å². The van der Waals surface area contributed by atoms with Gasteiger partial charge in [-0.25, -0.2) is 0 Å². The van der Waals surface area contributed by atoms with E-state index in [-0.39, 0.29) is 157 Å². The molecule has 0 amide bonds. The Morgan fingerprint density at radius 2 is 0.636 bits per heavy atom. The first-order valence-corrected chi connectivity index (χ1v) is 40.6. The molecule has 0 saturated heterocycles. The van der Waals surface area contributed by atoms with Crippen LogP contribution in [0.2, 0.25) is 0 Å². The number of aliphatic hydroxyl groups is 1. The number of allylic oxidation sites excluding steroid dienone is 2. The normalized spacial score (nSPS) is 11.3. The summed E-state index contributed by atoms with van der Waals surface area (Å²) in [6.07, 6.45) is 13.7. The van der Waals surface area contributed by atoms with Crippen molar-refractivity contribution in [2.75, 3.05) is 0 Å². The molecule has 7 heterocycles. The smallest absolute Gasteiger partial charge is 0.164 e. The molecule has 13 heteroatoms. The molecule has 0 unspecified atom stereocenters. The monoisotopic (exact) mass is 2400 g/mol. The van der Waals surface area contributed by atoms with Gasteiger partial charge in [-0.2, -0.15) is 0 Å². The zero-order chi connectivity index (χ0) is 96.6. The number of aryl methyl sites for hydroxylation is 4. The first-order valence-electron chi connectivity index (χ1n) is 45.6. The molecule has 0 spiro atoms. The summed E-state index contributed by atoms with van der Waals surface area (Å²) in [6, 6.07) is 119. The quantitative estimate of drug-likeness (QED) is 0.0722. The van der Waals surface area contributed by atoms with Crippen LogP contribution in [-0.2, 0) is 85.2 Å². The molecule has 18 aromatic rings. The number of hydrogen-bond acceptors (Lipinski definition) is 9. The molecule has 0 atom stereocenters. The van der Waals surface area contributed by atoms with Crippen LogP contribution < -0.4 is 0 Å². The van der Waals surface area contributed by atoms with E-state index in [1.54, 1.807) is 48.8 Å². The fourth-order valence-corrected chi connectivity index (χ4v) is 11.9. The summed E-state index contributed by atoms with van der Waals surface area (Å²) >= 11 is 0. The number of ketones is 1. The second-order valence-corrected chi connectivity index (χ2v) is 30.2. The van der Waals surface area contributed by atoms with Gasteiger partial charge in [-0.05, 0) is 123 Å². The Labute approximate surface area is 831 Å². The van der Waals surface area contributed by atoms with E-state index in [0.29, 0.717) is 22.5 Å². The molecular weight excluding hydrogens is 2290 g/mol. The minimum Gasteiger partial charge on any atom is -0.512 e. The number of aliphatic hydroxyl groups excluding tert-OH is 1. The Kier molecular flexibility index (Phi) is 37.3. The minimum absolute atomic E-state index is 0. The molecule has 18 rings (SSSR count). The first kappa shape index (κ1) is 88.3. The summed E-state index contributed by atoms with van der Waals surface area (Å²) in [4.78, 5) is 42.1. The van der Waals surface area contributed by atoms with Crippen molar-refractivity contribution in [2.24, 2.45) is 10.8 Å². The van der Waals surface area contributed by atoms with Gasteiger partial charge in [0.15, 0.2) is 5.78 Å². The zero-order valence-corrected chi connectivity index (χ0v) is 82.5. The largest absolute Gasteiger partial charge is 0.512 e. The summed E-state index contributed by atoms with van der Waals surface area (Å²) < 4.78 is 78.1. The molecule has 1 N–H and O–H groups in total. The van der Waals surface area contributed by atoms with Gasteiger partial charge in [0.2, 0.25) is 0 Å². The average molecular weight is 2400 g/mol. The molecule has 0 aliphatic carbocycles. The van der Waals surface area contributed by atoms with Crippen LogP contribution in [0.5, 0.6) is 0 Å². The minimum atomic E-state index is -0.417. The summed E-state index contributed by atoms with van der Waals surface area (Å²) in [6.45, 7) is 19.5. The van der Waals surface area contributed by atoms with E-state index >= 15 is 0 Å². The van der Waals surface area contributed by atoms with Gasteiger partial charge in [0.25, 0.3) is 0 Å². The molecule has 7 aromatic heterocycles. The molecular formula is C116H100Ir4N7O2-7. The number of hydrogen-bond donors (Lipinski definition) is 1. The van der Waals surface area contributed by atoms with E-state index in [2.05, 4.69) is 154 Å². The number of carbonyl (C=O) groups excluding carboxylic acids is 1. The second kappa shape index (κ2) is 54.5. The van der Waals surface area contributed by atoms with E-state index in [1.807, 2.05) is 285 Å². The van der Waals surface area contributed by atoms with E-state index in [9.17, 15) is 9.90 Å². The SMILES string of the molecule is CC(C)(C)C(=O)C=C(O)C(C)(C)C.Cc1cc(-c2[c-]cccc2)ncc1-c1ccccc1.Cc1cc(-c2[c-]cccc2)ncc1-c1ccccc1.Cc1ccc[c-]c1-c1ccccn1.Cc1cccnc1-c1[c-]cccc1.[2H]c1c([2H])c([2H])c(-c2ccc(-c3[c-]cccc3)nc2)c([2H])c1[2H].[2H]c1c([2H])c([2H])c(-c2ccc(-c3[c-]cccc3)nc2)c([2H])c1[2H].[Ir].[Ir].[Ir].[Ir].[c-]1ccccc1-c1ccccn1. The Balaban J connectivity index is 0.000000218. The maximum Gasteiger partial charge on any atom is 0.164 e. The van der Waals surface area contributed by atoms with Crippen molar-refractivity contribution in [3.05, 3.63) is 490 Å². The number of benzene rings is 11. The molecule has 9 nitrogen and oxygen atoms in total. The first-order chi connectivity index (χ1) is 65.0. The van der Waals surface area contributed by atoms with Crippen LogP contribution >= 0.6 is 0 Å². The molecule has 11 aromatic carbocycles. The van der Waals surface area contributed by atoms with Crippen molar-refractivity contribution in [2.45, 2.75) is 69.2 Å². The fraction of sp³-hybridized carbons (Fsp3) is 0.103. The number of aromatic nitrogens is 7. The topological polar surface area (TPSA) is 128 Å². The van der Waals surface area contributed by atoms with Gasteiger partial charge < -0.3 is 40.0 Å².